The molecule has 4 aromatic rings. The first-order chi connectivity index (χ1) is 16.0. The maximum absolute atomic E-state index is 12.5. The molecule has 2 aromatic heterocycles. The Bertz CT molecular complexity index is 1330. The van der Waals surface area contributed by atoms with Gasteiger partial charge in [0.05, 0.1) is 7.11 Å². The summed E-state index contributed by atoms with van der Waals surface area (Å²) in [5.74, 6) is 0.956. The molecule has 1 atom stereocenters. The normalized spacial score (nSPS) is 11.7. The van der Waals surface area contributed by atoms with Gasteiger partial charge in [-0.3, -0.25) is 9.78 Å². The Morgan fingerprint density at radius 3 is 2.52 bits per heavy atom. The standard InChI is InChI=1S/C26H24N2O5/c1-16-23(32-17(2)26(30)28-15-18-10-12-27-13-11-18)9-8-21-22(14-24(29)33-25(16)21)19-4-6-20(31-3)7-5-19/h4-14,17H,15H2,1-3H3,(H,28,30)/t17-/m0/s1. The van der Waals surface area contributed by atoms with Crippen molar-refractivity contribution in [2.45, 2.75) is 26.5 Å². The molecule has 0 spiro atoms. The van der Waals surface area contributed by atoms with Crippen molar-refractivity contribution in [3.05, 3.63) is 88.5 Å². The molecule has 0 aliphatic carbocycles. The number of hydrogen-bond acceptors (Lipinski definition) is 6. The van der Waals surface area contributed by atoms with E-state index in [-0.39, 0.29) is 5.91 Å². The minimum atomic E-state index is -0.737. The van der Waals surface area contributed by atoms with Gasteiger partial charge in [0.1, 0.15) is 17.1 Å². The molecule has 0 bridgehead atoms. The number of aromatic nitrogens is 1. The number of benzene rings is 2. The zero-order valence-electron chi connectivity index (χ0n) is 18.6. The summed E-state index contributed by atoms with van der Waals surface area (Å²) in [4.78, 5) is 28.8. The third kappa shape index (κ3) is 4.87. The summed E-state index contributed by atoms with van der Waals surface area (Å²) >= 11 is 0. The molecule has 4 rings (SSSR count). The molecule has 0 unspecified atom stereocenters. The van der Waals surface area contributed by atoms with Crippen LogP contribution in [0.5, 0.6) is 11.5 Å². The van der Waals surface area contributed by atoms with E-state index in [1.54, 1.807) is 39.4 Å². The van der Waals surface area contributed by atoms with E-state index in [2.05, 4.69) is 10.3 Å². The van der Waals surface area contributed by atoms with Gasteiger partial charge in [0.2, 0.25) is 0 Å². The predicted molar refractivity (Wildman–Crippen MR) is 125 cm³/mol. The van der Waals surface area contributed by atoms with Gasteiger partial charge in [-0.2, -0.15) is 0 Å². The SMILES string of the molecule is COc1ccc(-c2cc(=O)oc3c(C)c(O[C@@H](C)C(=O)NCc4ccncc4)ccc23)cc1. The van der Waals surface area contributed by atoms with Crippen LogP contribution in [0.3, 0.4) is 0 Å². The molecule has 0 saturated carbocycles. The van der Waals surface area contributed by atoms with Gasteiger partial charge < -0.3 is 19.2 Å². The van der Waals surface area contributed by atoms with Crippen LogP contribution in [0.4, 0.5) is 0 Å². The van der Waals surface area contributed by atoms with Crippen molar-refractivity contribution in [2.24, 2.45) is 0 Å². The number of carbonyl (C=O) groups is 1. The molecular formula is C26H24N2O5. The number of pyridine rings is 1. The van der Waals surface area contributed by atoms with E-state index in [0.29, 0.717) is 23.4 Å². The van der Waals surface area contributed by atoms with Crippen molar-refractivity contribution in [3.63, 3.8) is 0 Å². The molecule has 0 saturated heterocycles. The van der Waals surface area contributed by atoms with Crippen molar-refractivity contribution in [1.29, 1.82) is 0 Å². The van der Waals surface area contributed by atoms with Crippen LogP contribution < -0.4 is 20.4 Å². The van der Waals surface area contributed by atoms with Crippen molar-refractivity contribution in [2.75, 3.05) is 7.11 Å². The van der Waals surface area contributed by atoms with Crippen LogP contribution in [0.1, 0.15) is 18.1 Å². The second-order valence-corrected chi connectivity index (χ2v) is 7.61. The first kappa shape index (κ1) is 22.1. The molecular weight excluding hydrogens is 420 g/mol. The molecule has 1 amide bonds. The fourth-order valence-electron chi connectivity index (χ4n) is 3.56. The van der Waals surface area contributed by atoms with Gasteiger partial charge >= 0.3 is 5.63 Å². The van der Waals surface area contributed by atoms with Gasteiger partial charge in [-0.05, 0) is 66.9 Å². The van der Waals surface area contributed by atoms with Crippen LogP contribution in [0.15, 0.2) is 76.2 Å². The Morgan fingerprint density at radius 2 is 1.82 bits per heavy atom. The molecule has 0 fully saturated rings. The molecule has 0 aliphatic heterocycles. The highest BCUT2D eigenvalue weighted by atomic mass is 16.5. The van der Waals surface area contributed by atoms with E-state index in [1.807, 2.05) is 42.5 Å². The fraction of sp³-hybridized carbons (Fsp3) is 0.192. The molecule has 7 nitrogen and oxygen atoms in total. The highest BCUT2D eigenvalue weighted by molar-refractivity contribution is 5.95. The van der Waals surface area contributed by atoms with Crippen molar-refractivity contribution in [1.82, 2.24) is 10.3 Å². The summed E-state index contributed by atoms with van der Waals surface area (Å²) in [6.07, 6.45) is 2.61. The Labute approximate surface area is 191 Å². The molecule has 33 heavy (non-hydrogen) atoms. The van der Waals surface area contributed by atoms with Gasteiger partial charge in [0.15, 0.2) is 6.10 Å². The van der Waals surface area contributed by atoms with E-state index in [0.717, 1.165) is 27.8 Å². The highest BCUT2D eigenvalue weighted by Crippen LogP contribution is 2.34. The summed E-state index contributed by atoms with van der Waals surface area (Å²) in [5.41, 5.74) is 3.17. The second kappa shape index (κ2) is 9.56. The number of aryl methyl sites for hydroxylation is 1. The summed E-state index contributed by atoms with van der Waals surface area (Å²) < 4.78 is 16.7. The van der Waals surface area contributed by atoms with Crippen LogP contribution in [-0.2, 0) is 11.3 Å². The van der Waals surface area contributed by atoms with Crippen LogP contribution in [-0.4, -0.2) is 24.1 Å². The zero-order chi connectivity index (χ0) is 23.4. The van der Waals surface area contributed by atoms with Gasteiger partial charge in [-0.25, -0.2) is 4.79 Å². The second-order valence-electron chi connectivity index (χ2n) is 7.61. The molecule has 168 valence electrons. The van der Waals surface area contributed by atoms with Crippen LogP contribution in [0, 0.1) is 6.92 Å². The van der Waals surface area contributed by atoms with Gasteiger partial charge in [-0.1, -0.05) is 12.1 Å². The van der Waals surface area contributed by atoms with E-state index in [1.165, 1.54) is 6.07 Å². The topological polar surface area (TPSA) is 90.7 Å². The molecule has 7 heteroatoms. The van der Waals surface area contributed by atoms with E-state index < -0.39 is 11.7 Å². The van der Waals surface area contributed by atoms with E-state index in [9.17, 15) is 9.59 Å². The number of ether oxygens (including phenoxy) is 2. The Kier molecular flexibility index (Phi) is 6.40. The molecule has 2 aromatic carbocycles. The minimum Gasteiger partial charge on any atom is -0.497 e. The summed E-state index contributed by atoms with van der Waals surface area (Å²) in [7, 11) is 1.60. The minimum absolute atomic E-state index is 0.250. The molecule has 2 heterocycles. The Morgan fingerprint density at radius 1 is 1.09 bits per heavy atom. The highest BCUT2D eigenvalue weighted by Gasteiger charge is 2.18. The average Bonchev–Trinajstić information content (AvgIpc) is 2.84. The lowest BCUT2D eigenvalue weighted by Gasteiger charge is -2.17. The Hall–Kier alpha value is -4.13. The van der Waals surface area contributed by atoms with Crippen molar-refractivity contribution >= 4 is 16.9 Å². The number of carbonyl (C=O) groups excluding carboxylic acids is 1. The monoisotopic (exact) mass is 444 g/mol. The van der Waals surface area contributed by atoms with Crippen molar-refractivity contribution in [3.8, 4) is 22.6 Å². The predicted octanol–water partition coefficient (Wildman–Crippen LogP) is 4.26. The van der Waals surface area contributed by atoms with Gasteiger partial charge in [0.25, 0.3) is 5.91 Å². The zero-order valence-corrected chi connectivity index (χ0v) is 18.6. The third-order valence-electron chi connectivity index (χ3n) is 5.40. The lowest BCUT2D eigenvalue weighted by Crippen LogP contribution is -2.36. The number of hydrogen-bond donors (Lipinski definition) is 1. The van der Waals surface area contributed by atoms with Crippen LogP contribution >= 0.6 is 0 Å². The number of nitrogens with one attached hydrogen (secondary N) is 1. The van der Waals surface area contributed by atoms with E-state index >= 15 is 0 Å². The van der Waals surface area contributed by atoms with Crippen molar-refractivity contribution < 1.29 is 18.7 Å². The summed E-state index contributed by atoms with van der Waals surface area (Å²) in [5, 5.41) is 3.63. The number of rotatable bonds is 7. The lowest BCUT2D eigenvalue weighted by molar-refractivity contribution is -0.127. The lowest BCUT2D eigenvalue weighted by atomic mass is 10.00. The molecule has 1 N–H and O–H groups in total. The van der Waals surface area contributed by atoms with Gasteiger partial charge in [-0.15, -0.1) is 0 Å². The number of nitrogens with zero attached hydrogens (tertiary/aromatic N) is 1. The summed E-state index contributed by atoms with van der Waals surface area (Å²) in [6, 6.07) is 16.2. The van der Waals surface area contributed by atoms with Crippen LogP contribution in [0.25, 0.3) is 22.1 Å². The smallest absolute Gasteiger partial charge is 0.336 e. The van der Waals surface area contributed by atoms with E-state index in [4.69, 9.17) is 13.9 Å². The third-order valence-corrected chi connectivity index (χ3v) is 5.40. The first-order valence-corrected chi connectivity index (χ1v) is 10.5. The quantitative estimate of drug-likeness (QED) is 0.429. The van der Waals surface area contributed by atoms with Gasteiger partial charge in [0, 0.05) is 36.0 Å². The largest absolute Gasteiger partial charge is 0.497 e. The molecule has 0 radical (unpaired) electrons. The van der Waals surface area contributed by atoms with Crippen LogP contribution in [0.2, 0.25) is 0 Å². The number of fused-ring (bicyclic) bond motifs is 1. The first-order valence-electron chi connectivity index (χ1n) is 10.5. The maximum atomic E-state index is 12.5. The average molecular weight is 444 g/mol. The number of amides is 1. The number of methoxy groups -OCH3 is 1. The fourth-order valence-corrected chi connectivity index (χ4v) is 3.56. The summed E-state index contributed by atoms with van der Waals surface area (Å²) in [6.45, 7) is 3.86. The Balaban J connectivity index is 1.58. The molecule has 0 aliphatic rings. The maximum Gasteiger partial charge on any atom is 0.336 e.